The van der Waals surface area contributed by atoms with Gasteiger partial charge in [0.15, 0.2) is 0 Å². The molecule has 0 radical (unpaired) electrons. The van der Waals surface area contributed by atoms with Crippen LogP contribution in [-0.4, -0.2) is 50.4 Å². The Bertz CT molecular complexity index is 732. The van der Waals surface area contributed by atoms with Crippen LogP contribution in [0.15, 0.2) is 36.9 Å². The van der Waals surface area contributed by atoms with Crippen LogP contribution in [0.3, 0.4) is 0 Å². The predicted molar refractivity (Wildman–Crippen MR) is 92.8 cm³/mol. The van der Waals surface area contributed by atoms with Gasteiger partial charge in [-0.2, -0.15) is 5.10 Å². The Hall–Kier alpha value is -2.25. The first-order valence-corrected chi connectivity index (χ1v) is 8.77. The zero-order valence-corrected chi connectivity index (χ0v) is 14.3. The van der Waals surface area contributed by atoms with Gasteiger partial charge in [0.1, 0.15) is 6.10 Å². The summed E-state index contributed by atoms with van der Waals surface area (Å²) in [7, 11) is 1.94. The minimum absolute atomic E-state index is 0.0721. The van der Waals surface area contributed by atoms with Gasteiger partial charge in [-0.25, -0.2) is 0 Å². The van der Waals surface area contributed by atoms with E-state index in [0.29, 0.717) is 11.7 Å². The fourth-order valence-corrected chi connectivity index (χ4v) is 3.85. The van der Waals surface area contributed by atoms with Gasteiger partial charge < -0.3 is 10.1 Å². The maximum atomic E-state index is 12.4. The minimum atomic E-state index is -0.375. The van der Waals surface area contributed by atoms with Gasteiger partial charge in [0.2, 0.25) is 0 Å². The SMILES string of the molecule is Cn1cc(CN2CC[C@H]3O[C@@H](C(=O)Nc4cccnc4)CC[C@H]32)cn1. The van der Waals surface area contributed by atoms with Crippen LogP contribution in [0.25, 0.3) is 0 Å². The van der Waals surface area contributed by atoms with E-state index in [2.05, 4.69) is 26.5 Å². The number of nitrogens with one attached hydrogen (secondary N) is 1. The Morgan fingerprint density at radius 2 is 2.28 bits per heavy atom. The molecule has 0 aliphatic carbocycles. The second kappa shape index (κ2) is 6.93. The summed E-state index contributed by atoms with van der Waals surface area (Å²) in [5.41, 5.74) is 1.93. The highest BCUT2D eigenvalue weighted by Gasteiger charge is 2.41. The van der Waals surface area contributed by atoms with Crippen molar-refractivity contribution in [3.8, 4) is 0 Å². The molecular formula is C18H23N5O2. The van der Waals surface area contributed by atoms with Gasteiger partial charge in [-0.1, -0.05) is 0 Å². The standard InChI is InChI=1S/C18H23N5O2/c1-22-11-13(9-20-22)12-23-8-6-16-15(23)4-5-17(25-16)18(24)21-14-3-2-7-19-10-14/h2-3,7,9-11,15-17H,4-6,8,12H2,1H3,(H,21,24)/t15-,16-,17-/m1/s1. The van der Waals surface area contributed by atoms with Gasteiger partial charge in [-0.15, -0.1) is 0 Å². The van der Waals surface area contributed by atoms with Crippen LogP contribution in [0.5, 0.6) is 0 Å². The predicted octanol–water partition coefficient (Wildman–Crippen LogP) is 1.58. The first-order chi connectivity index (χ1) is 12.2. The van der Waals surface area contributed by atoms with Gasteiger partial charge in [-0.05, 0) is 31.4 Å². The van der Waals surface area contributed by atoms with Gasteiger partial charge >= 0.3 is 0 Å². The number of carbonyl (C=O) groups is 1. The molecule has 0 saturated carbocycles. The maximum Gasteiger partial charge on any atom is 0.253 e. The van der Waals surface area contributed by atoms with Crippen molar-refractivity contribution in [1.29, 1.82) is 0 Å². The molecule has 132 valence electrons. The van der Waals surface area contributed by atoms with E-state index < -0.39 is 0 Å². The molecule has 3 atom stereocenters. The number of fused-ring (bicyclic) bond motifs is 1. The van der Waals surface area contributed by atoms with Crippen LogP contribution in [-0.2, 0) is 23.1 Å². The third-order valence-electron chi connectivity index (χ3n) is 5.03. The molecule has 2 aromatic heterocycles. The molecule has 7 heteroatoms. The normalized spacial score (nSPS) is 26.4. The summed E-state index contributed by atoms with van der Waals surface area (Å²) in [4.78, 5) is 18.9. The minimum Gasteiger partial charge on any atom is -0.363 e. The van der Waals surface area contributed by atoms with E-state index in [-0.39, 0.29) is 18.1 Å². The third kappa shape index (κ3) is 3.57. The molecule has 4 rings (SSSR count). The molecule has 2 aromatic rings. The highest BCUT2D eigenvalue weighted by Crippen LogP contribution is 2.32. The highest BCUT2D eigenvalue weighted by atomic mass is 16.5. The molecule has 7 nitrogen and oxygen atoms in total. The number of hydrogen-bond donors (Lipinski definition) is 1. The summed E-state index contributed by atoms with van der Waals surface area (Å²) in [5.74, 6) is -0.0721. The average molecular weight is 341 g/mol. The van der Waals surface area contributed by atoms with Crippen molar-refractivity contribution in [2.75, 3.05) is 11.9 Å². The van der Waals surface area contributed by atoms with E-state index >= 15 is 0 Å². The Kier molecular flexibility index (Phi) is 4.50. The Labute approximate surface area is 147 Å². The molecule has 0 aromatic carbocycles. The summed E-state index contributed by atoms with van der Waals surface area (Å²) < 4.78 is 7.95. The number of rotatable bonds is 4. The molecule has 4 heterocycles. The quantitative estimate of drug-likeness (QED) is 0.914. The van der Waals surface area contributed by atoms with Crippen LogP contribution in [0.2, 0.25) is 0 Å². The zero-order chi connectivity index (χ0) is 17.2. The summed E-state index contributed by atoms with van der Waals surface area (Å²) in [6.45, 7) is 1.89. The summed E-state index contributed by atoms with van der Waals surface area (Å²) in [6, 6.07) is 4.03. The first-order valence-electron chi connectivity index (χ1n) is 8.77. The number of amides is 1. The number of nitrogens with zero attached hydrogens (tertiary/aromatic N) is 4. The van der Waals surface area contributed by atoms with Crippen molar-refractivity contribution in [2.45, 2.75) is 44.1 Å². The number of ether oxygens (including phenoxy) is 1. The second-order valence-electron chi connectivity index (χ2n) is 6.82. The van der Waals surface area contributed by atoms with Gasteiger partial charge in [0.25, 0.3) is 5.91 Å². The van der Waals surface area contributed by atoms with Crippen LogP contribution < -0.4 is 5.32 Å². The lowest BCUT2D eigenvalue weighted by molar-refractivity contribution is -0.138. The molecule has 2 aliphatic heterocycles. The zero-order valence-electron chi connectivity index (χ0n) is 14.3. The van der Waals surface area contributed by atoms with Gasteiger partial charge in [0, 0.05) is 44.1 Å². The molecule has 2 saturated heterocycles. The molecule has 0 bridgehead atoms. The Morgan fingerprint density at radius 3 is 3.04 bits per heavy atom. The van der Waals surface area contributed by atoms with Crippen LogP contribution in [0.1, 0.15) is 24.8 Å². The van der Waals surface area contributed by atoms with Crippen LogP contribution >= 0.6 is 0 Å². The number of likely N-dealkylation sites (tertiary alicyclic amines) is 1. The van der Waals surface area contributed by atoms with Crippen molar-refractivity contribution < 1.29 is 9.53 Å². The second-order valence-corrected chi connectivity index (χ2v) is 6.82. The highest BCUT2D eigenvalue weighted by molar-refractivity contribution is 5.94. The van der Waals surface area contributed by atoms with Gasteiger partial charge in [0.05, 0.1) is 24.2 Å². The number of pyridine rings is 1. The monoisotopic (exact) mass is 341 g/mol. The smallest absolute Gasteiger partial charge is 0.253 e. The van der Waals surface area contributed by atoms with Gasteiger partial charge in [-0.3, -0.25) is 19.4 Å². The topological polar surface area (TPSA) is 72.3 Å². The summed E-state index contributed by atoms with van der Waals surface area (Å²) in [6.07, 6.45) is 9.77. The first kappa shape index (κ1) is 16.2. The van der Waals surface area contributed by atoms with E-state index in [4.69, 9.17) is 4.74 Å². The van der Waals surface area contributed by atoms with Crippen molar-refractivity contribution >= 4 is 11.6 Å². The van der Waals surface area contributed by atoms with E-state index in [0.717, 1.165) is 32.4 Å². The van der Waals surface area contributed by atoms with Crippen molar-refractivity contribution in [3.05, 3.63) is 42.5 Å². The van der Waals surface area contributed by atoms with Crippen LogP contribution in [0, 0.1) is 0 Å². The Balaban J connectivity index is 1.34. The number of anilines is 1. The number of carbonyl (C=O) groups excluding carboxylic acids is 1. The van der Waals surface area contributed by atoms with Crippen molar-refractivity contribution in [2.24, 2.45) is 7.05 Å². The summed E-state index contributed by atoms with van der Waals surface area (Å²) >= 11 is 0. The molecule has 2 fully saturated rings. The molecule has 2 aliphatic rings. The third-order valence-corrected chi connectivity index (χ3v) is 5.03. The van der Waals surface area contributed by atoms with Crippen molar-refractivity contribution in [1.82, 2.24) is 19.7 Å². The largest absolute Gasteiger partial charge is 0.363 e. The lowest BCUT2D eigenvalue weighted by Gasteiger charge is -2.35. The average Bonchev–Trinajstić information content (AvgIpc) is 3.22. The van der Waals surface area contributed by atoms with Crippen molar-refractivity contribution in [3.63, 3.8) is 0 Å². The lowest BCUT2D eigenvalue weighted by atomic mass is 9.98. The maximum absolute atomic E-state index is 12.4. The molecule has 0 spiro atoms. The van der Waals surface area contributed by atoms with E-state index in [1.165, 1.54) is 5.56 Å². The lowest BCUT2D eigenvalue weighted by Crippen LogP contribution is -2.46. The fourth-order valence-electron chi connectivity index (χ4n) is 3.85. The van der Waals surface area contributed by atoms with E-state index in [1.807, 2.05) is 24.0 Å². The molecular weight excluding hydrogens is 318 g/mol. The fraction of sp³-hybridized carbons (Fsp3) is 0.500. The number of aryl methyl sites for hydroxylation is 1. The van der Waals surface area contributed by atoms with E-state index in [1.54, 1.807) is 18.5 Å². The number of hydrogen-bond acceptors (Lipinski definition) is 5. The number of aromatic nitrogens is 3. The summed E-state index contributed by atoms with van der Waals surface area (Å²) in [5, 5.41) is 7.13. The Morgan fingerprint density at radius 1 is 1.36 bits per heavy atom. The van der Waals surface area contributed by atoms with E-state index in [9.17, 15) is 4.79 Å². The molecule has 1 amide bonds. The molecule has 25 heavy (non-hydrogen) atoms. The molecule has 0 unspecified atom stereocenters. The van der Waals surface area contributed by atoms with Crippen LogP contribution in [0.4, 0.5) is 5.69 Å². The molecule has 1 N–H and O–H groups in total.